The van der Waals surface area contributed by atoms with Gasteiger partial charge >= 0.3 is 6.01 Å². The van der Waals surface area contributed by atoms with Crippen molar-refractivity contribution < 1.29 is 17.9 Å². The van der Waals surface area contributed by atoms with Gasteiger partial charge in [0, 0.05) is 18.8 Å². The SMILES string of the molecule is COc1nccc(OC2CCCN(S(=O)(=O)c3c(C)n[nH]c3C)C2)n1. The van der Waals surface area contributed by atoms with Crippen molar-refractivity contribution in [2.75, 3.05) is 20.2 Å². The Kier molecular flexibility index (Phi) is 4.91. The van der Waals surface area contributed by atoms with Crippen LogP contribution in [-0.4, -0.2) is 59.2 Å². The highest BCUT2D eigenvalue weighted by atomic mass is 32.2. The number of aromatic amines is 1. The van der Waals surface area contributed by atoms with Gasteiger partial charge in [-0.2, -0.15) is 14.4 Å². The third-order valence-electron chi connectivity index (χ3n) is 4.08. The summed E-state index contributed by atoms with van der Waals surface area (Å²) in [6.07, 6.45) is 2.72. The summed E-state index contributed by atoms with van der Waals surface area (Å²) in [4.78, 5) is 8.29. The fraction of sp³-hybridized carbons (Fsp3) is 0.533. The third kappa shape index (κ3) is 3.59. The standard InChI is InChI=1S/C15H21N5O4S/c1-10-14(11(2)19-18-10)25(21,22)20-8-4-5-12(9-20)24-13-6-7-16-15(17-13)23-3/h6-7,12H,4-5,8-9H2,1-3H3,(H,18,19). The van der Waals surface area contributed by atoms with Crippen LogP contribution < -0.4 is 9.47 Å². The number of aromatic nitrogens is 4. The Morgan fingerprint density at radius 2 is 2.16 bits per heavy atom. The Morgan fingerprint density at radius 3 is 2.84 bits per heavy atom. The van der Waals surface area contributed by atoms with Gasteiger partial charge in [0.25, 0.3) is 0 Å². The topological polar surface area (TPSA) is 110 Å². The molecule has 25 heavy (non-hydrogen) atoms. The molecule has 136 valence electrons. The van der Waals surface area contributed by atoms with Crippen LogP contribution in [0.3, 0.4) is 0 Å². The Morgan fingerprint density at radius 1 is 1.36 bits per heavy atom. The summed E-state index contributed by atoms with van der Waals surface area (Å²) in [5.41, 5.74) is 1.02. The number of nitrogens with one attached hydrogen (secondary N) is 1. The summed E-state index contributed by atoms with van der Waals surface area (Å²) in [6, 6.07) is 1.84. The summed E-state index contributed by atoms with van der Waals surface area (Å²) < 4.78 is 38.2. The molecule has 10 heteroatoms. The molecule has 0 radical (unpaired) electrons. The maximum atomic E-state index is 13.0. The molecule has 1 aliphatic heterocycles. The second-order valence-electron chi connectivity index (χ2n) is 5.89. The van der Waals surface area contributed by atoms with Crippen molar-refractivity contribution in [3.8, 4) is 11.9 Å². The number of nitrogens with zero attached hydrogens (tertiary/aromatic N) is 4. The van der Waals surface area contributed by atoms with Gasteiger partial charge < -0.3 is 9.47 Å². The van der Waals surface area contributed by atoms with Crippen LogP contribution in [0.4, 0.5) is 0 Å². The van der Waals surface area contributed by atoms with E-state index in [2.05, 4.69) is 20.2 Å². The molecule has 0 spiro atoms. The van der Waals surface area contributed by atoms with Crippen LogP contribution in [-0.2, 0) is 10.0 Å². The fourth-order valence-electron chi connectivity index (χ4n) is 2.93. The monoisotopic (exact) mass is 367 g/mol. The number of H-pyrrole nitrogens is 1. The zero-order chi connectivity index (χ0) is 18.0. The molecular weight excluding hydrogens is 346 g/mol. The van der Waals surface area contributed by atoms with Crippen LogP contribution in [0.25, 0.3) is 0 Å². The Labute approximate surface area is 146 Å². The number of rotatable bonds is 5. The van der Waals surface area contributed by atoms with E-state index in [1.165, 1.54) is 17.6 Å². The maximum absolute atomic E-state index is 13.0. The third-order valence-corrected chi connectivity index (χ3v) is 6.21. The molecule has 0 amide bonds. The van der Waals surface area contributed by atoms with E-state index in [1.54, 1.807) is 19.9 Å². The largest absolute Gasteiger partial charge is 0.473 e. The molecule has 1 fully saturated rings. The minimum Gasteiger partial charge on any atom is -0.473 e. The van der Waals surface area contributed by atoms with Crippen molar-refractivity contribution in [2.45, 2.75) is 37.7 Å². The van der Waals surface area contributed by atoms with Gasteiger partial charge in [-0.05, 0) is 26.7 Å². The number of sulfonamides is 1. The lowest BCUT2D eigenvalue weighted by atomic mass is 10.1. The molecule has 0 aliphatic carbocycles. The minimum absolute atomic E-state index is 0.211. The van der Waals surface area contributed by atoms with Crippen LogP contribution >= 0.6 is 0 Å². The highest BCUT2D eigenvalue weighted by Crippen LogP contribution is 2.26. The van der Waals surface area contributed by atoms with Gasteiger partial charge in [-0.1, -0.05) is 0 Å². The minimum atomic E-state index is -3.62. The van der Waals surface area contributed by atoms with E-state index in [4.69, 9.17) is 9.47 Å². The van der Waals surface area contributed by atoms with Crippen LogP contribution in [0.1, 0.15) is 24.2 Å². The van der Waals surface area contributed by atoms with Crippen molar-refractivity contribution in [1.82, 2.24) is 24.5 Å². The lowest BCUT2D eigenvalue weighted by Crippen LogP contribution is -2.44. The average molecular weight is 367 g/mol. The smallest absolute Gasteiger partial charge is 0.319 e. The molecule has 2 aromatic rings. The van der Waals surface area contributed by atoms with Gasteiger partial charge in [-0.25, -0.2) is 13.4 Å². The highest BCUT2D eigenvalue weighted by molar-refractivity contribution is 7.89. The Balaban J connectivity index is 1.77. The molecule has 0 aromatic carbocycles. The molecule has 3 heterocycles. The first-order valence-corrected chi connectivity index (χ1v) is 9.41. The molecule has 1 aliphatic rings. The van der Waals surface area contributed by atoms with Gasteiger partial charge in [0.15, 0.2) is 0 Å². The van der Waals surface area contributed by atoms with E-state index in [0.29, 0.717) is 30.2 Å². The predicted molar refractivity (Wildman–Crippen MR) is 89.1 cm³/mol. The molecule has 1 N–H and O–H groups in total. The van der Waals surface area contributed by atoms with Crippen molar-refractivity contribution in [1.29, 1.82) is 0 Å². The zero-order valence-corrected chi connectivity index (χ0v) is 15.2. The molecule has 9 nitrogen and oxygen atoms in total. The molecule has 3 rings (SSSR count). The first-order valence-electron chi connectivity index (χ1n) is 7.97. The second kappa shape index (κ2) is 6.96. The first-order chi connectivity index (χ1) is 11.9. The highest BCUT2D eigenvalue weighted by Gasteiger charge is 2.34. The van der Waals surface area contributed by atoms with Gasteiger partial charge in [-0.15, -0.1) is 0 Å². The number of ether oxygens (including phenoxy) is 2. The molecule has 0 saturated carbocycles. The number of hydrogen-bond donors (Lipinski definition) is 1. The van der Waals surface area contributed by atoms with E-state index in [0.717, 1.165) is 6.42 Å². The summed E-state index contributed by atoms with van der Waals surface area (Å²) in [7, 11) is -2.14. The maximum Gasteiger partial charge on any atom is 0.319 e. The molecule has 2 aromatic heterocycles. The van der Waals surface area contributed by atoms with Gasteiger partial charge in [0.2, 0.25) is 15.9 Å². The summed E-state index contributed by atoms with van der Waals surface area (Å²) in [5.74, 6) is 0.367. The lowest BCUT2D eigenvalue weighted by molar-refractivity contribution is 0.123. The van der Waals surface area contributed by atoms with E-state index in [1.807, 2.05) is 0 Å². The average Bonchev–Trinajstić information content (AvgIpc) is 2.94. The van der Waals surface area contributed by atoms with Gasteiger partial charge in [0.1, 0.15) is 11.0 Å². The van der Waals surface area contributed by atoms with Crippen molar-refractivity contribution >= 4 is 10.0 Å². The van der Waals surface area contributed by atoms with E-state index >= 15 is 0 Å². The molecular formula is C15H21N5O4S. The Bertz CT molecular complexity index is 832. The zero-order valence-electron chi connectivity index (χ0n) is 14.4. The number of aryl methyl sites for hydroxylation is 2. The van der Waals surface area contributed by atoms with Crippen molar-refractivity contribution in [2.24, 2.45) is 0 Å². The summed E-state index contributed by atoms with van der Waals surface area (Å²) >= 11 is 0. The van der Waals surface area contributed by atoms with Crippen molar-refractivity contribution in [3.05, 3.63) is 23.7 Å². The predicted octanol–water partition coefficient (Wildman–Crippen LogP) is 1.06. The van der Waals surface area contributed by atoms with E-state index < -0.39 is 10.0 Å². The number of piperidine rings is 1. The molecule has 1 atom stereocenters. The van der Waals surface area contributed by atoms with E-state index in [-0.39, 0.29) is 23.6 Å². The molecule has 1 unspecified atom stereocenters. The first kappa shape index (κ1) is 17.6. The van der Waals surface area contributed by atoms with E-state index in [9.17, 15) is 8.42 Å². The van der Waals surface area contributed by atoms with Crippen LogP contribution in [0.15, 0.2) is 17.2 Å². The molecule has 0 bridgehead atoms. The Hall–Kier alpha value is -2.20. The quantitative estimate of drug-likeness (QED) is 0.841. The van der Waals surface area contributed by atoms with Crippen LogP contribution in [0.5, 0.6) is 11.9 Å². The number of methoxy groups -OCH3 is 1. The van der Waals surface area contributed by atoms with Crippen LogP contribution in [0, 0.1) is 13.8 Å². The summed E-state index contributed by atoms with van der Waals surface area (Å²) in [5, 5.41) is 6.72. The molecule has 1 saturated heterocycles. The fourth-order valence-corrected chi connectivity index (χ4v) is 4.77. The van der Waals surface area contributed by atoms with Gasteiger partial charge in [-0.3, -0.25) is 5.10 Å². The lowest BCUT2D eigenvalue weighted by Gasteiger charge is -2.31. The summed E-state index contributed by atoms with van der Waals surface area (Å²) in [6.45, 7) is 4.11. The van der Waals surface area contributed by atoms with Crippen molar-refractivity contribution in [3.63, 3.8) is 0 Å². The van der Waals surface area contributed by atoms with Gasteiger partial charge in [0.05, 0.1) is 25.0 Å². The van der Waals surface area contributed by atoms with Crippen LogP contribution in [0.2, 0.25) is 0 Å². The second-order valence-corrected chi connectivity index (χ2v) is 7.76. The number of hydrogen-bond acceptors (Lipinski definition) is 7. The normalized spacial score (nSPS) is 18.9.